The first-order chi connectivity index (χ1) is 9.63. The van der Waals surface area contributed by atoms with Gasteiger partial charge in [-0.25, -0.2) is 9.78 Å². The Morgan fingerprint density at radius 1 is 1.50 bits per heavy atom. The second-order valence-electron chi connectivity index (χ2n) is 5.54. The van der Waals surface area contributed by atoms with Crippen LogP contribution in [0.5, 0.6) is 0 Å². The van der Waals surface area contributed by atoms with Crippen LogP contribution in [0.4, 0.5) is 0 Å². The number of furan rings is 1. The Hall–Kier alpha value is -1.62. The average Bonchev–Trinajstić information content (AvgIpc) is 3.08. The summed E-state index contributed by atoms with van der Waals surface area (Å²) in [4.78, 5) is 15.5. The third-order valence-corrected chi connectivity index (χ3v) is 4.91. The van der Waals surface area contributed by atoms with E-state index in [-0.39, 0.29) is 5.56 Å². The van der Waals surface area contributed by atoms with Crippen molar-refractivity contribution < 1.29 is 14.3 Å². The van der Waals surface area contributed by atoms with Gasteiger partial charge in [0.2, 0.25) is 0 Å². The number of aromatic nitrogens is 1. The minimum absolute atomic E-state index is 0.167. The van der Waals surface area contributed by atoms with Crippen LogP contribution in [0.15, 0.2) is 22.1 Å². The van der Waals surface area contributed by atoms with Gasteiger partial charge in [0.15, 0.2) is 5.76 Å². The fourth-order valence-corrected chi connectivity index (χ4v) is 3.79. The molecule has 2 unspecified atom stereocenters. The molecule has 5 heteroatoms. The molecule has 1 aliphatic rings. The standard InChI is InChI=1S/C15H17NO3S/c1-9-3-2-4-10(5-9)14-16-12(8-20-14)13-6-11(7-19-13)15(17)18/h6-10H,2-5H2,1H3,(H,17,18). The van der Waals surface area contributed by atoms with E-state index in [1.807, 2.05) is 5.38 Å². The lowest BCUT2D eigenvalue weighted by atomic mass is 9.83. The monoisotopic (exact) mass is 291 g/mol. The molecule has 0 spiro atoms. The van der Waals surface area contributed by atoms with Gasteiger partial charge in [0.1, 0.15) is 12.0 Å². The highest BCUT2D eigenvalue weighted by molar-refractivity contribution is 7.10. The normalized spacial score (nSPS) is 22.9. The number of carbonyl (C=O) groups is 1. The number of thiazole rings is 1. The smallest absolute Gasteiger partial charge is 0.338 e. The van der Waals surface area contributed by atoms with E-state index in [0.29, 0.717) is 11.7 Å². The van der Waals surface area contributed by atoms with Gasteiger partial charge in [-0.2, -0.15) is 0 Å². The van der Waals surface area contributed by atoms with E-state index in [1.165, 1.54) is 38.0 Å². The van der Waals surface area contributed by atoms with E-state index in [4.69, 9.17) is 9.52 Å². The van der Waals surface area contributed by atoms with Crippen LogP contribution in [0.3, 0.4) is 0 Å². The Labute approximate surface area is 121 Å². The number of nitrogens with zero attached hydrogens (tertiary/aromatic N) is 1. The highest BCUT2D eigenvalue weighted by Gasteiger charge is 2.23. The van der Waals surface area contributed by atoms with Crippen molar-refractivity contribution in [2.45, 2.75) is 38.5 Å². The fraction of sp³-hybridized carbons (Fsp3) is 0.467. The second kappa shape index (κ2) is 5.40. The SMILES string of the molecule is CC1CCCC(c2nc(-c3cc(C(=O)O)co3)cs2)C1. The van der Waals surface area contributed by atoms with Crippen molar-refractivity contribution >= 4 is 17.3 Å². The molecule has 0 aromatic carbocycles. The summed E-state index contributed by atoms with van der Waals surface area (Å²) in [5, 5.41) is 12.0. The molecule has 0 radical (unpaired) electrons. The molecule has 1 N–H and O–H groups in total. The number of rotatable bonds is 3. The zero-order valence-electron chi connectivity index (χ0n) is 11.3. The topological polar surface area (TPSA) is 63.3 Å². The fourth-order valence-electron chi connectivity index (χ4n) is 2.83. The lowest BCUT2D eigenvalue weighted by molar-refractivity contribution is 0.0696. The van der Waals surface area contributed by atoms with Crippen molar-refractivity contribution in [3.8, 4) is 11.5 Å². The molecular formula is C15H17NO3S. The number of hydrogen-bond donors (Lipinski definition) is 1. The van der Waals surface area contributed by atoms with E-state index in [0.717, 1.165) is 16.6 Å². The number of aromatic carboxylic acids is 1. The summed E-state index contributed by atoms with van der Waals surface area (Å²) in [6.45, 7) is 2.30. The van der Waals surface area contributed by atoms with Crippen LogP contribution in [-0.4, -0.2) is 16.1 Å². The first-order valence-corrected chi connectivity index (χ1v) is 7.79. The van der Waals surface area contributed by atoms with E-state index >= 15 is 0 Å². The van der Waals surface area contributed by atoms with Crippen molar-refractivity contribution in [3.05, 3.63) is 28.3 Å². The van der Waals surface area contributed by atoms with Gasteiger partial charge in [-0.05, 0) is 18.8 Å². The number of carboxylic acid groups (broad SMARTS) is 1. The van der Waals surface area contributed by atoms with Gasteiger partial charge >= 0.3 is 5.97 Å². The van der Waals surface area contributed by atoms with Crippen LogP contribution in [-0.2, 0) is 0 Å². The summed E-state index contributed by atoms with van der Waals surface area (Å²) in [6, 6.07) is 1.53. The van der Waals surface area contributed by atoms with Gasteiger partial charge in [-0.15, -0.1) is 11.3 Å². The van der Waals surface area contributed by atoms with Gasteiger partial charge < -0.3 is 9.52 Å². The lowest BCUT2D eigenvalue weighted by Gasteiger charge is -2.24. The Morgan fingerprint density at radius 3 is 3.05 bits per heavy atom. The van der Waals surface area contributed by atoms with Gasteiger partial charge in [0.05, 0.1) is 10.6 Å². The van der Waals surface area contributed by atoms with Crippen molar-refractivity contribution in [1.29, 1.82) is 0 Å². The Morgan fingerprint density at radius 2 is 2.35 bits per heavy atom. The Balaban J connectivity index is 1.80. The molecular weight excluding hydrogens is 274 g/mol. The molecule has 0 saturated heterocycles. The zero-order chi connectivity index (χ0) is 14.1. The predicted octanol–water partition coefficient (Wildman–Crippen LogP) is 4.40. The van der Waals surface area contributed by atoms with Crippen LogP contribution < -0.4 is 0 Å². The van der Waals surface area contributed by atoms with Crippen LogP contribution >= 0.6 is 11.3 Å². The minimum Gasteiger partial charge on any atom is -0.478 e. The van der Waals surface area contributed by atoms with Gasteiger partial charge in [-0.1, -0.05) is 19.8 Å². The quantitative estimate of drug-likeness (QED) is 0.910. The summed E-state index contributed by atoms with van der Waals surface area (Å²) in [5.41, 5.74) is 0.913. The first kappa shape index (κ1) is 13.4. The molecule has 1 aliphatic carbocycles. The van der Waals surface area contributed by atoms with E-state index in [9.17, 15) is 4.79 Å². The van der Waals surface area contributed by atoms with Crippen LogP contribution in [0.2, 0.25) is 0 Å². The van der Waals surface area contributed by atoms with Crippen molar-refractivity contribution in [1.82, 2.24) is 4.98 Å². The summed E-state index contributed by atoms with van der Waals surface area (Å²) in [5.74, 6) is 0.875. The van der Waals surface area contributed by atoms with E-state index < -0.39 is 5.97 Å². The summed E-state index contributed by atoms with van der Waals surface area (Å²) in [6.07, 6.45) is 6.25. The maximum absolute atomic E-state index is 10.9. The van der Waals surface area contributed by atoms with Crippen molar-refractivity contribution in [2.24, 2.45) is 5.92 Å². The zero-order valence-corrected chi connectivity index (χ0v) is 12.2. The average molecular weight is 291 g/mol. The molecule has 1 fully saturated rings. The molecule has 2 atom stereocenters. The first-order valence-electron chi connectivity index (χ1n) is 6.91. The summed E-state index contributed by atoms with van der Waals surface area (Å²) >= 11 is 1.65. The molecule has 0 aliphatic heterocycles. The van der Waals surface area contributed by atoms with Gasteiger partial charge in [0, 0.05) is 17.4 Å². The molecule has 20 heavy (non-hydrogen) atoms. The van der Waals surface area contributed by atoms with Gasteiger partial charge in [0.25, 0.3) is 0 Å². The van der Waals surface area contributed by atoms with Crippen molar-refractivity contribution in [2.75, 3.05) is 0 Å². The number of carboxylic acids is 1. The highest BCUT2D eigenvalue weighted by Crippen LogP contribution is 2.38. The largest absolute Gasteiger partial charge is 0.478 e. The van der Waals surface area contributed by atoms with E-state index in [1.54, 1.807) is 11.3 Å². The summed E-state index contributed by atoms with van der Waals surface area (Å²) < 4.78 is 5.30. The molecule has 2 aromatic heterocycles. The van der Waals surface area contributed by atoms with E-state index in [2.05, 4.69) is 11.9 Å². The van der Waals surface area contributed by atoms with Crippen molar-refractivity contribution in [3.63, 3.8) is 0 Å². The third-order valence-electron chi connectivity index (χ3n) is 3.91. The maximum atomic E-state index is 10.9. The van der Waals surface area contributed by atoms with Gasteiger partial charge in [-0.3, -0.25) is 0 Å². The third kappa shape index (κ3) is 2.63. The van der Waals surface area contributed by atoms with Crippen LogP contribution in [0.1, 0.15) is 53.9 Å². The summed E-state index contributed by atoms with van der Waals surface area (Å²) in [7, 11) is 0. The predicted molar refractivity (Wildman–Crippen MR) is 77.1 cm³/mol. The Kier molecular flexibility index (Phi) is 3.61. The molecule has 1 saturated carbocycles. The molecule has 106 valence electrons. The molecule has 0 amide bonds. The lowest BCUT2D eigenvalue weighted by Crippen LogP contribution is -2.11. The molecule has 4 nitrogen and oxygen atoms in total. The minimum atomic E-state index is -0.975. The number of hydrogen-bond acceptors (Lipinski definition) is 4. The second-order valence-corrected chi connectivity index (χ2v) is 6.43. The molecule has 3 rings (SSSR count). The molecule has 2 aromatic rings. The Bertz CT molecular complexity index is 616. The molecule has 0 bridgehead atoms. The maximum Gasteiger partial charge on any atom is 0.338 e. The highest BCUT2D eigenvalue weighted by atomic mass is 32.1. The van der Waals surface area contributed by atoms with Crippen LogP contribution in [0.25, 0.3) is 11.5 Å². The van der Waals surface area contributed by atoms with Crippen LogP contribution in [0, 0.1) is 5.92 Å². The molecule has 2 heterocycles.